The summed E-state index contributed by atoms with van der Waals surface area (Å²) in [6, 6.07) is 21.2. The molecule has 0 aliphatic rings. The van der Waals surface area contributed by atoms with Gasteiger partial charge in [0.05, 0.1) is 16.8 Å². The number of benzene rings is 3. The number of amides is 1. The Morgan fingerprint density at radius 3 is 2.24 bits per heavy atom. The van der Waals surface area contributed by atoms with Crippen molar-refractivity contribution < 1.29 is 14.3 Å². The van der Waals surface area contributed by atoms with E-state index in [1.165, 1.54) is 0 Å². The van der Waals surface area contributed by atoms with Crippen molar-refractivity contribution in [3.8, 4) is 11.3 Å². The Hall–Kier alpha value is -3.99. The van der Waals surface area contributed by atoms with Crippen LogP contribution >= 0.6 is 0 Å². The Kier molecular flexibility index (Phi) is 6.22. The topological polar surface area (TPSA) is 68.3 Å². The average molecular weight is 439 g/mol. The van der Waals surface area contributed by atoms with Crippen molar-refractivity contribution >= 4 is 28.5 Å². The molecule has 0 fully saturated rings. The lowest BCUT2D eigenvalue weighted by molar-refractivity contribution is -0.119. The second-order valence-electron chi connectivity index (χ2n) is 8.34. The summed E-state index contributed by atoms with van der Waals surface area (Å²) in [5.41, 5.74) is 7.48. The molecule has 1 amide bonds. The standard InChI is InChI=1S/C28H26N2O3/c1-17-10-11-24-22(14-17)23(15-25(29-24)21-8-6-5-7-9-21)28(32)33-16-26(31)30-27-19(3)12-18(2)13-20(27)4/h5-15H,16H2,1-4H3,(H,30,31). The molecule has 1 aromatic heterocycles. The lowest BCUT2D eigenvalue weighted by atomic mass is 10.0. The van der Waals surface area contributed by atoms with Crippen molar-refractivity contribution in [3.05, 3.63) is 94.5 Å². The smallest absolute Gasteiger partial charge is 0.339 e. The van der Waals surface area contributed by atoms with Crippen molar-refractivity contribution in [2.75, 3.05) is 11.9 Å². The van der Waals surface area contributed by atoms with Gasteiger partial charge in [0.2, 0.25) is 0 Å². The summed E-state index contributed by atoms with van der Waals surface area (Å²) in [7, 11) is 0. The molecule has 3 aromatic carbocycles. The van der Waals surface area contributed by atoms with Crippen LogP contribution in [0.4, 0.5) is 5.69 Å². The van der Waals surface area contributed by atoms with Gasteiger partial charge in [-0.2, -0.15) is 0 Å². The van der Waals surface area contributed by atoms with Crippen LogP contribution in [0.3, 0.4) is 0 Å². The Morgan fingerprint density at radius 1 is 0.848 bits per heavy atom. The quantitative estimate of drug-likeness (QED) is 0.392. The summed E-state index contributed by atoms with van der Waals surface area (Å²) in [5, 5.41) is 3.57. The largest absolute Gasteiger partial charge is 0.452 e. The van der Waals surface area contributed by atoms with E-state index < -0.39 is 5.97 Å². The molecule has 5 heteroatoms. The molecule has 4 aromatic rings. The van der Waals surface area contributed by atoms with Crippen molar-refractivity contribution in [2.24, 2.45) is 0 Å². The van der Waals surface area contributed by atoms with E-state index in [0.717, 1.165) is 33.5 Å². The van der Waals surface area contributed by atoms with Gasteiger partial charge in [-0.3, -0.25) is 4.79 Å². The van der Waals surface area contributed by atoms with E-state index >= 15 is 0 Å². The maximum atomic E-state index is 13.1. The number of aromatic nitrogens is 1. The second kappa shape index (κ2) is 9.25. The molecule has 0 bridgehead atoms. The highest BCUT2D eigenvalue weighted by Crippen LogP contribution is 2.26. The van der Waals surface area contributed by atoms with Crippen LogP contribution in [-0.2, 0) is 9.53 Å². The summed E-state index contributed by atoms with van der Waals surface area (Å²) in [6.07, 6.45) is 0. The number of aryl methyl sites for hydroxylation is 4. The lowest BCUT2D eigenvalue weighted by Crippen LogP contribution is -2.22. The van der Waals surface area contributed by atoms with Crippen molar-refractivity contribution in [3.63, 3.8) is 0 Å². The Balaban J connectivity index is 1.59. The summed E-state index contributed by atoms with van der Waals surface area (Å²) in [6.45, 7) is 7.48. The van der Waals surface area contributed by atoms with Gasteiger partial charge in [-0.05, 0) is 57.0 Å². The van der Waals surface area contributed by atoms with Crippen LogP contribution in [0.5, 0.6) is 0 Å². The minimum Gasteiger partial charge on any atom is -0.452 e. The number of nitrogens with zero attached hydrogens (tertiary/aromatic N) is 1. The molecule has 166 valence electrons. The molecule has 1 heterocycles. The van der Waals surface area contributed by atoms with Crippen LogP contribution < -0.4 is 5.32 Å². The van der Waals surface area contributed by atoms with E-state index in [9.17, 15) is 9.59 Å². The summed E-state index contributed by atoms with van der Waals surface area (Å²) < 4.78 is 5.43. The number of hydrogen-bond acceptors (Lipinski definition) is 4. The van der Waals surface area contributed by atoms with Gasteiger partial charge in [-0.1, -0.05) is 59.7 Å². The van der Waals surface area contributed by atoms with Gasteiger partial charge in [0.25, 0.3) is 5.91 Å². The molecule has 0 spiro atoms. The van der Waals surface area contributed by atoms with Gasteiger partial charge < -0.3 is 10.1 Å². The zero-order chi connectivity index (χ0) is 23.5. The van der Waals surface area contributed by atoms with Crippen LogP contribution in [0.2, 0.25) is 0 Å². The van der Waals surface area contributed by atoms with E-state index in [2.05, 4.69) is 5.32 Å². The number of rotatable bonds is 5. The molecule has 0 aliphatic heterocycles. The fourth-order valence-electron chi connectivity index (χ4n) is 4.03. The Bertz CT molecular complexity index is 1340. The number of carbonyl (C=O) groups is 2. The zero-order valence-corrected chi connectivity index (χ0v) is 19.2. The molecule has 0 saturated carbocycles. The second-order valence-corrected chi connectivity index (χ2v) is 8.34. The Labute approximate surface area is 193 Å². The van der Waals surface area contributed by atoms with E-state index in [4.69, 9.17) is 9.72 Å². The van der Waals surface area contributed by atoms with Crippen LogP contribution in [0.25, 0.3) is 22.2 Å². The molecule has 0 aliphatic carbocycles. The maximum Gasteiger partial charge on any atom is 0.339 e. The third-order valence-electron chi connectivity index (χ3n) is 5.53. The first-order chi connectivity index (χ1) is 15.8. The predicted molar refractivity (Wildman–Crippen MR) is 131 cm³/mol. The molecule has 33 heavy (non-hydrogen) atoms. The van der Waals surface area contributed by atoms with E-state index in [-0.39, 0.29) is 12.5 Å². The molecule has 0 radical (unpaired) electrons. The maximum absolute atomic E-state index is 13.1. The van der Waals surface area contributed by atoms with Crippen LogP contribution in [0.15, 0.2) is 66.7 Å². The molecule has 0 saturated heterocycles. The van der Waals surface area contributed by atoms with Crippen LogP contribution in [0.1, 0.15) is 32.6 Å². The minimum atomic E-state index is -0.558. The number of carbonyl (C=O) groups excluding carboxylic acids is 2. The zero-order valence-electron chi connectivity index (χ0n) is 19.2. The van der Waals surface area contributed by atoms with Gasteiger partial charge in [0.15, 0.2) is 6.61 Å². The molecular formula is C28H26N2O3. The fraction of sp³-hybridized carbons (Fsp3) is 0.179. The van der Waals surface area contributed by atoms with Gasteiger partial charge in [-0.25, -0.2) is 9.78 Å². The third kappa shape index (κ3) is 4.93. The van der Waals surface area contributed by atoms with Gasteiger partial charge in [0.1, 0.15) is 0 Å². The lowest BCUT2D eigenvalue weighted by Gasteiger charge is -2.14. The first-order valence-corrected chi connectivity index (χ1v) is 10.8. The molecule has 0 atom stereocenters. The van der Waals surface area contributed by atoms with Crippen molar-refractivity contribution in [1.29, 1.82) is 0 Å². The number of hydrogen-bond donors (Lipinski definition) is 1. The van der Waals surface area contributed by atoms with Gasteiger partial charge in [-0.15, -0.1) is 0 Å². The number of pyridine rings is 1. The van der Waals surface area contributed by atoms with Crippen LogP contribution in [-0.4, -0.2) is 23.5 Å². The van der Waals surface area contributed by atoms with Crippen LogP contribution in [0, 0.1) is 27.7 Å². The first kappa shape index (κ1) is 22.2. The summed E-state index contributed by atoms with van der Waals surface area (Å²) >= 11 is 0. The number of anilines is 1. The monoisotopic (exact) mass is 438 g/mol. The predicted octanol–water partition coefficient (Wildman–Crippen LogP) is 5.93. The number of nitrogens with one attached hydrogen (secondary N) is 1. The first-order valence-electron chi connectivity index (χ1n) is 10.8. The highest BCUT2D eigenvalue weighted by Gasteiger charge is 2.17. The molecule has 5 nitrogen and oxygen atoms in total. The van der Waals surface area contributed by atoms with Crippen molar-refractivity contribution in [2.45, 2.75) is 27.7 Å². The van der Waals surface area contributed by atoms with Crippen molar-refractivity contribution in [1.82, 2.24) is 4.98 Å². The molecule has 1 N–H and O–H groups in total. The number of fused-ring (bicyclic) bond motifs is 1. The summed E-state index contributed by atoms with van der Waals surface area (Å²) in [5.74, 6) is -0.936. The third-order valence-corrected chi connectivity index (χ3v) is 5.53. The molecule has 0 unspecified atom stereocenters. The normalized spacial score (nSPS) is 10.8. The summed E-state index contributed by atoms with van der Waals surface area (Å²) in [4.78, 5) is 30.3. The number of ether oxygens (including phenoxy) is 1. The van der Waals surface area contributed by atoms with Gasteiger partial charge >= 0.3 is 5.97 Å². The average Bonchev–Trinajstić information content (AvgIpc) is 2.79. The highest BCUT2D eigenvalue weighted by atomic mass is 16.5. The number of esters is 1. The highest BCUT2D eigenvalue weighted by molar-refractivity contribution is 6.05. The van der Waals surface area contributed by atoms with E-state index in [1.807, 2.05) is 88.4 Å². The van der Waals surface area contributed by atoms with Gasteiger partial charge in [0, 0.05) is 16.6 Å². The Morgan fingerprint density at radius 2 is 1.55 bits per heavy atom. The van der Waals surface area contributed by atoms with E-state index in [0.29, 0.717) is 22.2 Å². The molecule has 4 rings (SSSR count). The minimum absolute atomic E-state index is 0.373. The van der Waals surface area contributed by atoms with E-state index in [1.54, 1.807) is 6.07 Å². The fourth-order valence-corrected chi connectivity index (χ4v) is 4.03. The molecular weight excluding hydrogens is 412 g/mol. The SMILES string of the molecule is Cc1cc(C)c(NC(=O)COC(=O)c2cc(-c3ccccc3)nc3ccc(C)cc23)c(C)c1.